The van der Waals surface area contributed by atoms with Crippen LogP contribution in [-0.2, 0) is 0 Å². The molecule has 2 heterocycles. The molecule has 0 fully saturated rings. The molecule has 0 radical (unpaired) electrons. The number of aromatic nitrogens is 3. The van der Waals surface area contributed by atoms with Crippen LogP contribution in [0.25, 0.3) is 11.4 Å². The van der Waals surface area contributed by atoms with Crippen molar-refractivity contribution in [2.24, 2.45) is 0 Å². The molecule has 0 spiro atoms. The summed E-state index contributed by atoms with van der Waals surface area (Å²) in [5.41, 5.74) is 0.880. The Morgan fingerprint density at radius 2 is 1.30 bits per heavy atom. The number of nitrogens with zero attached hydrogens (tertiary/aromatic N) is 3. The largest absolute Gasteiger partial charge is 0.490 e. The molecule has 0 aliphatic carbocycles. The molecule has 0 aliphatic heterocycles. The first-order chi connectivity index (χ1) is 16.0. The number of pyridine rings is 1. The molecule has 2 aromatic heterocycles. The van der Waals surface area contributed by atoms with Gasteiger partial charge in [0.25, 0.3) is 0 Å². The standard InChI is InChI=1S/C27H45N3O2Si/c1-5-7-9-12-18-32-26-16-15-24(21-28-26)27-29-22-25(23-30-27)31-17-13-10-11-14-20-33(3,4)19-8-6-2/h15-16,21-23H,5-14,17-20H2,1-4H3. The lowest BCUT2D eigenvalue weighted by Gasteiger charge is -2.21. The third kappa shape index (κ3) is 11.6. The maximum Gasteiger partial charge on any atom is 0.213 e. The highest BCUT2D eigenvalue weighted by Crippen LogP contribution is 2.22. The maximum atomic E-state index is 5.84. The van der Waals surface area contributed by atoms with Crippen LogP contribution in [0.5, 0.6) is 11.6 Å². The lowest BCUT2D eigenvalue weighted by Crippen LogP contribution is -2.24. The zero-order valence-corrected chi connectivity index (χ0v) is 22.4. The van der Waals surface area contributed by atoms with Crippen molar-refractivity contribution in [3.05, 3.63) is 30.7 Å². The third-order valence-corrected chi connectivity index (χ3v) is 9.51. The predicted octanol–water partition coefficient (Wildman–Crippen LogP) is 7.95. The Balaban J connectivity index is 1.62. The van der Waals surface area contributed by atoms with Gasteiger partial charge in [0.2, 0.25) is 5.88 Å². The van der Waals surface area contributed by atoms with Crippen molar-refractivity contribution in [1.82, 2.24) is 15.0 Å². The van der Waals surface area contributed by atoms with Crippen molar-refractivity contribution in [1.29, 1.82) is 0 Å². The van der Waals surface area contributed by atoms with Gasteiger partial charge in [-0.15, -0.1) is 0 Å². The fraction of sp³-hybridized carbons (Fsp3) is 0.667. The van der Waals surface area contributed by atoms with Crippen molar-refractivity contribution in [3.63, 3.8) is 0 Å². The van der Waals surface area contributed by atoms with Gasteiger partial charge >= 0.3 is 0 Å². The van der Waals surface area contributed by atoms with E-state index in [9.17, 15) is 0 Å². The molecule has 0 saturated carbocycles. The molecule has 2 aromatic rings. The highest BCUT2D eigenvalue weighted by Gasteiger charge is 2.18. The predicted molar refractivity (Wildman–Crippen MR) is 141 cm³/mol. The number of rotatable bonds is 18. The quantitative estimate of drug-likeness (QED) is 0.163. The second kappa shape index (κ2) is 15.8. The molecule has 0 atom stereocenters. The fourth-order valence-electron chi connectivity index (χ4n) is 3.87. The molecule has 184 valence electrons. The van der Waals surface area contributed by atoms with E-state index in [0.717, 1.165) is 30.8 Å². The minimum Gasteiger partial charge on any atom is -0.490 e. The molecule has 0 amide bonds. The molecule has 6 heteroatoms. The van der Waals surface area contributed by atoms with Crippen LogP contribution in [0.4, 0.5) is 0 Å². The second-order valence-electron chi connectivity index (χ2n) is 9.82. The Labute approximate surface area is 202 Å². The summed E-state index contributed by atoms with van der Waals surface area (Å²) in [6, 6.07) is 6.78. The SMILES string of the molecule is CCCCCCOc1ccc(-c2ncc(OCCCCCC[Si](C)(C)CCCC)cn2)cn1. The van der Waals surface area contributed by atoms with Gasteiger partial charge in [-0.2, -0.15) is 0 Å². The summed E-state index contributed by atoms with van der Waals surface area (Å²) in [6.07, 6.45) is 17.8. The molecule has 0 unspecified atom stereocenters. The topological polar surface area (TPSA) is 57.1 Å². The zero-order valence-electron chi connectivity index (χ0n) is 21.4. The van der Waals surface area contributed by atoms with E-state index in [2.05, 4.69) is 41.9 Å². The summed E-state index contributed by atoms with van der Waals surface area (Å²) < 4.78 is 11.5. The van der Waals surface area contributed by atoms with E-state index < -0.39 is 8.07 Å². The number of unbranched alkanes of at least 4 members (excludes halogenated alkanes) is 7. The van der Waals surface area contributed by atoms with Crippen LogP contribution >= 0.6 is 0 Å². The van der Waals surface area contributed by atoms with E-state index in [1.807, 2.05) is 12.1 Å². The number of hydrogen-bond acceptors (Lipinski definition) is 5. The molecule has 33 heavy (non-hydrogen) atoms. The van der Waals surface area contributed by atoms with Gasteiger partial charge in [0, 0.05) is 25.9 Å². The van der Waals surface area contributed by atoms with Crippen LogP contribution < -0.4 is 9.47 Å². The third-order valence-electron chi connectivity index (χ3n) is 6.09. The van der Waals surface area contributed by atoms with Crippen LogP contribution in [-0.4, -0.2) is 36.2 Å². The first-order valence-corrected chi connectivity index (χ1v) is 16.5. The van der Waals surface area contributed by atoms with Gasteiger partial charge in [0.1, 0.15) is 0 Å². The van der Waals surface area contributed by atoms with E-state index in [-0.39, 0.29) is 0 Å². The molecule has 5 nitrogen and oxygen atoms in total. The minimum atomic E-state index is -0.952. The zero-order chi connectivity index (χ0) is 23.8. The Hall–Kier alpha value is -1.95. The fourth-order valence-corrected chi connectivity index (χ4v) is 6.64. The van der Waals surface area contributed by atoms with Crippen molar-refractivity contribution >= 4 is 8.07 Å². The lowest BCUT2D eigenvalue weighted by atomic mass is 10.2. The molecule has 0 saturated heterocycles. The van der Waals surface area contributed by atoms with Gasteiger partial charge in [0.05, 0.1) is 25.6 Å². The summed E-state index contributed by atoms with van der Waals surface area (Å²) in [5, 5.41) is 0. The van der Waals surface area contributed by atoms with E-state index in [0.29, 0.717) is 18.3 Å². The lowest BCUT2D eigenvalue weighted by molar-refractivity contribution is 0.294. The smallest absolute Gasteiger partial charge is 0.213 e. The van der Waals surface area contributed by atoms with E-state index in [1.54, 1.807) is 18.6 Å². The van der Waals surface area contributed by atoms with E-state index in [4.69, 9.17) is 9.47 Å². The monoisotopic (exact) mass is 471 g/mol. The Morgan fingerprint density at radius 3 is 1.97 bits per heavy atom. The van der Waals surface area contributed by atoms with Gasteiger partial charge in [-0.1, -0.05) is 90.4 Å². The average Bonchev–Trinajstić information content (AvgIpc) is 2.83. The van der Waals surface area contributed by atoms with Crippen LogP contribution in [0.1, 0.15) is 78.1 Å². The number of ether oxygens (including phenoxy) is 2. The first-order valence-electron chi connectivity index (χ1n) is 13.1. The van der Waals surface area contributed by atoms with Gasteiger partial charge in [-0.25, -0.2) is 15.0 Å². The summed E-state index contributed by atoms with van der Waals surface area (Å²) in [5.74, 6) is 2.04. The highest BCUT2D eigenvalue weighted by molar-refractivity contribution is 6.77. The van der Waals surface area contributed by atoms with Crippen LogP contribution in [0, 0.1) is 0 Å². The van der Waals surface area contributed by atoms with Crippen molar-refractivity contribution in [2.75, 3.05) is 13.2 Å². The normalized spacial score (nSPS) is 11.5. The Morgan fingerprint density at radius 1 is 0.667 bits per heavy atom. The van der Waals surface area contributed by atoms with Gasteiger partial charge in [-0.05, 0) is 18.9 Å². The van der Waals surface area contributed by atoms with Crippen molar-refractivity contribution < 1.29 is 9.47 Å². The molecule has 2 rings (SSSR count). The highest BCUT2D eigenvalue weighted by atomic mass is 28.3. The number of hydrogen-bond donors (Lipinski definition) is 0. The molecular weight excluding hydrogens is 426 g/mol. The molecule has 0 aromatic carbocycles. The van der Waals surface area contributed by atoms with Gasteiger partial charge in [-0.3, -0.25) is 0 Å². The summed E-state index contributed by atoms with van der Waals surface area (Å²) in [4.78, 5) is 13.3. The van der Waals surface area contributed by atoms with Gasteiger partial charge in [0.15, 0.2) is 11.6 Å². The van der Waals surface area contributed by atoms with Crippen LogP contribution in [0.15, 0.2) is 30.7 Å². The van der Waals surface area contributed by atoms with Crippen molar-refractivity contribution in [3.8, 4) is 23.0 Å². The summed E-state index contributed by atoms with van der Waals surface area (Å²) in [6.45, 7) is 11.0. The van der Waals surface area contributed by atoms with Crippen LogP contribution in [0.2, 0.25) is 25.2 Å². The van der Waals surface area contributed by atoms with E-state index >= 15 is 0 Å². The molecule has 0 aliphatic rings. The average molecular weight is 472 g/mol. The molecule has 0 bridgehead atoms. The Kier molecular flexibility index (Phi) is 13.1. The molecular formula is C27H45N3O2Si. The summed E-state index contributed by atoms with van der Waals surface area (Å²) in [7, 11) is -0.952. The van der Waals surface area contributed by atoms with Gasteiger partial charge < -0.3 is 9.47 Å². The second-order valence-corrected chi connectivity index (χ2v) is 15.1. The minimum absolute atomic E-state index is 0.652. The first kappa shape index (κ1) is 27.3. The van der Waals surface area contributed by atoms with E-state index in [1.165, 1.54) is 63.5 Å². The maximum absolute atomic E-state index is 5.84. The van der Waals surface area contributed by atoms with Crippen molar-refractivity contribution in [2.45, 2.75) is 103 Å². The summed E-state index contributed by atoms with van der Waals surface area (Å²) >= 11 is 0. The molecule has 0 N–H and O–H groups in total. The van der Waals surface area contributed by atoms with Crippen LogP contribution in [0.3, 0.4) is 0 Å². The Bertz CT molecular complexity index is 751.